The summed E-state index contributed by atoms with van der Waals surface area (Å²) in [5.74, 6) is -0.0236. The Balaban J connectivity index is 0.000000612. The first-order valence-corrected chi connectivity index (χ1v) is 14.5. The van der Waals surface area contributed by atoms with Gasteiger partial charge in [-0.05, 0) is 77.0 Å². The number of rotatable bonds is 7. The van der Waals surface area contributed by atoms with Crippen molar-refractivity contribution in [3.63, 3.8) is 0 Å². The molecule has 42 heavy (non-hydrogen) atoms. The summed E-state index contributed by atoms with van der Waals surface area (Å²) >= 11 is 6.54. The van der Waals surface area contributed by atoms with Crippen molar-refractivity contribution in [2.75, 3.05) is 26.7 Å². The van der Waals surface area contributed by atoms with Gasteiger partial charge in [0.25, 0.3) is 5.89 Å². The quantitative estimate of drug-likeness (QED) is 0.227. The minimum atomic E-state index is -1.01. The smallest absolute Gasteiger partial charge is 0.312 e. The van der Waals surface area contributed by atoms with Crippen molar-refractivity contribution in [1.29, 1.82) is 0 Å². The van der Waals surface area contributed by atoms with Crippen LogP contribution < -0.4 is 5.32 Å². The van der Waals surface area contributed by atoms with E-state index < -0.39 is 11.4 Å². The summed E-state index contributed by atoms with van der Waals surface area (Å²) in [5, 5.41) is 26.9. The summed E-state index contributed by atoms with van der Waals surface area (Å²) in [4.78, 5) is 18.3. The maximum atomic E-state index is 11.5. The summed E-state index contributed by atoms with van der Waals surface area (Å²) in [5.41, 5.74) is 3.96. The van der Waals surface area contributed by atoms with Crippen LogP contribution in [0.15, 0.2) is 77.3 Å². The molecule has 3 N–H and O–H groups in total. The molecule has 3 aromatic carbocycles. The van der Waals surface area contributed by atoms with E-state index in [-0.39, 0.29) is 6.61 Å². The summed E-state index contributed by atoms with van der Waals surface area (Å²) < 4.78 is 5.51. The molecule has 222 valence electrons. The highest BCUT2D eigenvalue weighted by molar-refractivity contribution is 6.33. The number of carboxylic acids is 1. The SMILES string of the molecule is CNC(C)(C)C.O=C(O)C1(CO)CCN(Cc2ccc(-c3noc(-c4ccc(-c5ccccc5)c(Cl)c4)n3)cc2)CC1. The normalized spacial score (nSPS) is 15.1. The molecule has 1 fully saturated rings. The summed E-state index contributed by atoms with van der Waals surface area (Å²) in [6.07, 6.45) is 0.887. The van der Waals surface area contributed by atoms with Gasteiger partial charge >= 0.3 is 5.97 Å². The molecule has 0 unspecified atom stereocenters. The van der Waals surface area contributed by atoms with E-state index in [1.54, 1.807) is 0 Å². The van der Waals surface area contributed by atoms with Crippen LogP contribution in [0.3, 0.4) is 0 Å². The van der Waals surface area contributed by atoms with Gasteiger partial charge in [0.15, 0.2) is 0 Å². The molecule has 0 spiro atoms. The molecular weight excluding hydrogens is 552 g/mol. The number of halogens is 1. The number of aliphatic hydroxyl groups is 1. The van der Waals surface area contributed by atoms with Crippen molar-refractivity contribution in [3.05, 3.63) is 83.4 Å². The highest BCUT2D eigenvalue weighted by atomic mass is 35.5. The number of aliphatic hydroxyl groups excluding tert-OH is 1. The van der Waals surface area contributed by atoms with E-state index in [1.807, 2.05) is 79.8 Å². The molecule has 0 radical (unpaired) electrons. The third-order valence-electron chi connectivity index (χ3n) is 7.66. The number of carboxylic acid groups (broad SMARTS) is 1. The second-order valence-electron chi connectivity index (χ2n) is 11.7. The van der Waals surface area contributed by atoms with Crippen molar-refractivity contribution in [1.82, 2.24) is 20.4 Å². The molecule has 0 atom stereocenters. The number of aromatic nitrogens is 2. The number of hydrogen-bond acceptors (Lipinski definition) is 7. The van der Waals surface area contributed by atoms with E-state index >= 15 is 0 Å². The largest absolute Gasteiger partial charge is 0.481 e. The van der Waals surface area contributed by atoms with E-state index in [0.717, 1.165) is 27.8 Å². The molecule has 4 aromatic rings. The van der Waals surface area contributed by atoms with E-state index in [2.05, 4.69) is 41.1 Å². The van der Waals surface area contributed by atoms with E-state index in [4.69, 9.17) is 16.1 Å². The van der Waals surface area contributed by atoms with Crippen LogP contribution in [-0.2, 0) is 11.3 Å². The average Bonchev–Trinajstić information content (AvgIpc) is 3.49. The van der Waals surface area contributed by atoms with Crippen LogP contribution >= 0.6 is 11.6 Å². The van der Waals surface area contributed by atoms with Gasteiger partial charge in [0, 0.05) is 33.8 Å². The Morgan fingerprint density at radius 3 is 2.17 bits per heavy atom. The molecule has 1 aliphatic rings. The minimum Gasteiger partial charge on any atom is -0.481 e. The Labute approximate surface area is 252 Å². The number of hydrogen-bond donors (Lipinski definition) is 3. The first-order chi connectivity index (χ1) is 20.0. The minimum absolute atomic E-state index is 0.292. The van der Waals surface area contributed by atoms with Crippen LogP contribution in [0, 0.1) is 5.41 Å². The predicted molar refractivity (Wildman–Crippen MR) is 166 cm³/mol. The topological polar surface area (TPSA) is 112 Å². The van der Waals surface area contributed by atoms with Gasteiger partial charge in [-0.2, -0.15) is 4.98 Å². The molecule has 8 nitrogen and oxygen atoms in total. The Bertz CT molecular complexity index is 1460. The number of benzene rings is 3. The van der Waals surface area contributed by atoms with Crippen molar-refractivity contribution in [2.45, 2.75) is 45.7 Å². The first kappa shape index (κ1) is 31.4. The zero-order chi connectivity index (χ0) is 30.3. The number of nitrogens with zero attached hydrogens (tertiary/aromatic N) is 3. The van der Waals surface area contributed by atoms with Crippen LogP contribution in [0.25, 0.3) is 34.0 Å². The lowest BCUT2D eigenvalue weighted by Crippen LogP contribution is -2.46. The van der Waals surface area contributed by atoms with Gasteiger partial charge in [-0.25, -0.2) is 0 Å². The third kappa shape index (κ3) is 7.83. The molecule has 1 saturated heterocycles. The number of nitrogens with one attached hydrogen (secondary N) is 1. The fraction of sp³-hybridized carbons (Fsp3) is 0.364. The summed E-state index contributed by atoms with van der Waals surface area (Å²) in [7, 11) is 1.96. The fourth-order valence-electron chi connectivity index (χ4n) is 4.55. The zero-order valence-electron chi connectivity index (χ0n) is 24.6. The third-order valence-corrected chi connectivity index (χ3v) is 7.98. The highest BCUT2D eigenvalue weighted by Gasteiger charge is 2.40. The number of piperidine rings is 1. The van der Waals surface area contributed by atoms with Crippen molar-refractivity contribution in [3.8, 4) is 34.0 Å². The van der Waals surface area contributed by atoms with Crippen molar-refractivity contribution < 1.29 is 19.5 Å². The second-order valence-corrected chi connectivity index (χ2v) is 12.1. The molecule has 0 aliphatic carbocycles. The van der Waals surface area contributed by atoms with Crippen LogP contribution in [0.2, 0.25) is 5.02 Å². The Morgan fingerprint density at radius 2 is 1.62 bits per heavy atom. The maximum absolute atomic E-state index is 11.5. The molecule has 5 rings (SSSR count). The predicted octanol–water partition coefficient (Wildman–Crippen LogP) is 6.39. The Morgan fingerprint density at radius 1 is 1.00 bits per heavy atom. The lowest BCUT2D eigenvalue weighted by Gasteiger charge is -2.37. The average molecular weight is 591 g/mol. The van der Waals surface area contributed by atoms with E-state index in [0.29, 0.717) is 54.8 Å². The number of carbonyl (C=O) groups is 1. The van der Waals surface area contributed by atoms with E-state index in [1.165, 1.54) is 0 Å². The highest BCUT2D eigenvalue weighted by Crippen LogP contribution is 2.33. The van der Waals surface area contributed by atoms with Crippen LogP contribution in [0.5, 0.6) is 0 Å². The van der Waals surface area contributed by atoms with Gasteiger partial charge in [0.1, 0.15) is 0 Å². The van der Waals surface area contributed by atoms with Crippen LogP contribution in [0.1, 0.15) is 39.2 Å². The van der Waals surface area contributed by atoms with Gasteiger partial charge < -0.3 is 20.1 Å². The zero-order valence-corrected chi connectivity index (χ0v) is 25.4. The van der Waals surface area contributed by atoms with Crippen molar-refractivity contribution >= 4 is 17.6 Å². The number of aliphatic carboxylic acids is 1. The van der Waals surface area contributed by atoms with Gasteiger partial charge in [-0.1, -0.05) is 77.4 Å². The van der Waals surface area contributed by atoms with Gasteiger partial charge in [0.2, 0.25) is 5.82 Å². The molecular formula is C33H39ClN4O4. The molecule has 0 saturated carbocycles. The van der Waals surface area contributed by atoms with Gasteiger partial charge in [0.05, 0.1) is 12.0 Å². The summed E-state index contributed by atoms with van der Waals surface area (Å²) in [6.45, 7) is 8.06. The van der Waals surface area contributed by atoms with Gasteiger partial charge in [-0.3, -0.25) is 9.69 Å². The monoisotopic (exact) mass is 590 g/mol. The molecule has 0 bridgehead atoms. The molecule has 0 amide bonds. The lowest BCUT2D eigenvalue weighted by molar-refractivity contribution is -0.155. The fourth-order valence-corrected chi connectivity index (χ4v) is 4.84. The standard InChI is InChI=1S/C28H26ClN3O4.C5H13N/c29-24-16-22(10-11-23(24)20-4-2-1-3-5-20)26-30-25(31-36-26)21-8-6-19(7-9-21)17-32-14-12-28(18-33,13-15-32)27(34)35;1-5(2,3)6-4/h1-11,16,33H,12-15,17-18H2,(H,34,35);6H,1-4H3. The van der Waals surface area contributed by atoms with Crippen LogP contribution in [-0.4, -0.2) is 63.5 Å². The molecule has 9 heteroatoms. The second kappa shape index (κ2) is 13.6. The summed E-state index contributed by atoms with van der Waals surface area (Å²) in [6, 6.07) is 23.6. The van der Waals surface area contributed by atoms with Gasteiger partial charge in [-0.15, -0.1) is 0 Å². The molecule has 1 aromatic heterocycles. The van der Waals surface area contributed by atoms with E-state index in [9.17, 15) is 15.0 Å². The van der Waals surface area contributed by atoms with Crippen molar-refractivity contribution in [2.24, 2.45) is 5.41 Å². The molecule has 1 aliphatic heterocycles. The maximum Gasteiger partial charge on any atom is 0.312 e. The first-order valence-electron chi connectivity index (χ1n) is 14.1. The Kier molecular flexibility index (Phi) is 10.2. The lowest BCUT2D eigenvalue weighted by atomic mass is 9.79. The Hall–Kier alpha value is -3.56. The molecule has 2 heterocycles. The number of likely N-dealkylation sites (tertiary alicyclic amines) is 1. The van der Waals surface area contributed by atoms with Crippen LogP contribution in [0.4, 0.5) is 0 Å².